The number of hydrogen-bond donors (Lipinski definition) is 0. The van der Waals surface area contributed by atoms with Crippen LogP contribution in [0.25, 0.3) is 0 Å². The van der Waals surface area contributed by atoms with Crippen molar-refractivity contribution in [2.24, 2.45) is 5.92 Å². The Morgan fingerprint density at radius 1 is 1.19 bits per heavy atom. The number of likely N-dealkylation sites (tertiary alicyclic amines) is 1. The van der Waals surface area contributed by atoms with Crippen LogP contribution in [0.2, 0.25) is 0 Å². The molecule has 0 aromatic carbocycles. The molecule has 1 aliphatic carbocycles. The van der Waals surface area contributed by atoms with Crippen LogP contribution >= 0.6 is 0 Å². The van der Waals surface area contributed by atoms with Crippen molar-refractivity contribution in [2.75, 3.05) is 13.1 Å². The van der Waals surface area contributed by atoms with Crippen LogP contribution in [-0.2, 0) is 0 Å². The van der Waals surface area contributed by atoms with Gasteiger partial charge in [-0.1, -0.05) is 0 Å². The van der Waals surface area contributed by atoms with E-state index in [1.807, 2.05) is 6.92 Å². The SMILES string of the molecule is CC(C#N)CC1=C(N2CCCC2)CCCC1. The molecule has 2 rings (SSSR count). The number of hydrogen-bond acceptors (Lipinski definition) is 2. The topological polar surface area (TPSA) is 27.0 Å². The quantitative estimate of drug-likeness (QED) is 0.725. The maximum atomic E-state index is 8.93. The van der Waals surface area contributed by atoms with Gasteiger partial charge < -0.3 is 4.90 Å². The van der Waals surface area contributed by atoms with Crippen LogP contribution in [0.5, 0.6) is 0 Å². The van der Waals surface area contributed by atoms with Gasteiger partial charge in [0.2, 0.25) is 0 Å². The van der Waals surface area contributed by atoms with Gasteiger partial charge >= 0.3 is 0 Å². The molecule has 0 amide bonds. The van der Waals surface area contributed by atoms with Gasteiger partial charge in [0, 0.05) is 24.7 Å². The first-order chi connectivity index (χ1) is 7.81. The molecule has 0 N–H and O–H groups in total. The molecule has 16 heavy (non-hydrogen) atoms. The van der Waals surface area contributed by atoms with Crippen LogP contribution < -0.4 is 0 Å². The Balaban J connectivity index is 2.10. The highest BCUT2D eigenvalue weighted by Gasteiger charge is 2.21. The van der Waals surface area contributed by atoms with Crippen LogP contribution in [0.1, 0.15) is 51.9 Å². The van der Waals surface area contributed by atoms with Gasteiger partial charge in [0.15, 0.2) is 0 Å². The van der Waals surface area contributed by atoms with Crippen LogP contribution in [0.15, 0.2) is 11.3 Å². The Hall–Kier alpha value is -0.970. The minimum absolute atomic E-state index is 0.186. The maximum absolute atomic E-state index is 8.93. The Morgan fingerprint density at radius 2 is 1.88 bits per heavy atom. The van der Waals surface area contributed by atoms with E-state index < -0.39 is 0 Å². The summed E-state index contributed by atoms with van der Waals surface area (Å²) in [5, 5.41) is 8.93. The van der Waals surface area contributed by atoms with Crippen LogP contribution in [-0.4, -0.2) is 18.0 Å². The molecule has 0 spiro atoms. The van der Waals surface area contributed by atoms with Crippen molar-refractivity contribution < 1.29 is 0 Å². The molecule has 0 bridgehead atoms. The Bertz CT molecular complexity index is 305. The van der Waals surface area contributed by atoms with Crippen molar-refractivity contribution in [3.63, 3.8) is 0 Å². The zero-order valence-corrected chi connectivity index (χ0v) is 10.3. The van der Waals surface area contributed by atoms with E-state index >= 15 is 0 Å². The fourth-order valence-electron chi connectivity index (χ4n) is 2.96. The molecule has 2 nitrogen and oxygen atoms in total. The van der Waals surface area contributed by atoms with Crippen molar-refractivity contribution in [1.82, 2.24) is 4.90 Å². The molecule has 0 radical (unpaired) electrons. The zero-order chi connectivity index (χ0) is 11.4. The molecule has 1 unspecified atom stereocenters. The summed E-state index contributed by atoms with van der Waals surface area (Å²) in [7, 11) is 0. The molecule has 2 heteroatoms. The second-order valence-electron chi connectivity index (χ2n) is 5.19. The van der Waals surface area contributed by atoms with E-state index in [0.29, 0.717) is 0 Å². The molecular weight excluding hydrogens is 196 g/mol. The molecule has 88 valence electrons. The lowest BCUT2D eigenvalue weighted by molar-refractivity contribution is 0.379. The fraction of sp³-hybridized carbons (Fsp3) is 0.786. The summed E-state index contributed by atoms with van der Waals surface area (Å²) >= 11 is 0. The van der Waals surface area contributed by atoms with Crippen molar-refractivity contribution in [3.8, 4) is 6.07 Å². The van der Waals surface area contributed by atoms with Gasteiger partial charge in [-0.25, -0.2) is 0 Å². The monoisotopic (exact) mass is 218 g/mol. The van der Waals surface area contributed by atoms with Gasteiger partial charge in [-0.15, -0.1) is 0 Å². The first-order valence-electron chi connectivity index (χ1n) is 6.66. The second-order valence-corrected chi connectivity index (χ2v) is 5.19. The molecule has 2 aliphatic rings. The maximum Gasteiger partial charge on any atom is 0.0656 e. The number of rotatable bonds is 3. The fourth-order valence-corrected chi connectivity index (χ4v) is 2.96. The smallest absolute Gasteiger partial charge is 0.0656 e. The van der Waals surface area contributed by atoms with E-state index in [-0.39, 0.29) is 5.92 Å². The third-order valence-electron chi connectivity index (χ3n) is 3.81. The predicted molar refractivity (Wildman–Crippen MR) is 65.7 cm³/mol. The Kier molecular flexibility index (Phi) is 3.88. The van der Waals surface area contributed by atoms with E-state index in [1.165, 1.54) is 51.6 Å². The third-order valence-corrected chi connectivity index (χ3v) is 3.81. The molecule has 1 atom stereocenters. The normalized spacial score (nSPS) is 23.4. The van der Waals surface area contributed by atoms with E-state index in [0.717, 1.165) is 6.42 Å². The minimum atomic E-state index is 0.186. The summed E-state index contributed by atoms with van der Waals surface area (Å²) in [5.74, 6) is 0.186. The number of nitriles is 1. The highest BCUT2D eigenvalue weighted by atomic mass is 15.2. The van der Waals surface area contributed by atoms with Crippen molar-refractivity contribution in [2.45, 2.75) is 51.9 Å². The standard InChI is InChI=1S/C14H22N2/c1-12(11-15)10-13-6-2-3-7-14(13)16-8-4-5-9-16/h12H,2-10H2,1H3. The number of nitrogens with zero attached hydrogens (tertiary/aromatic N) is 2. The third kappa shape index (κ3) is 2.58. The molecule has 1 heterocycles. The van der Waals surface area contributed by atoms with Crippen molar-refractivity contribution >= 4 is 0 Å². The summed E-state index contributed by atoms with van der Waals surface area (Å²) in [6, 6.07) is 2.37. The number of allylic oxidation sites excluding steroid dienone is 2. The van der Waals surface area contributed by atoms with Crippen LogP contribution in [0.4, 0.5) is 0 Å². The summed E-state index contributed by atoms with van der Waals surface area (Å²) in [4.78, 5) is 2.58. The molecule has 1 aliphatic heterocycles. The summed E-state index contributed by atoms with van der Waals surface area (Å²) < 4.78 is 0. The van der Waals surface area contributed by atoms with E-state index in [2.05, 4.69) is 11.0 Å². The highest BCUT2D eigenvalue weighted by molar-refractivity contribution is 5.18. The van der Waals surface area contributed by atoms with Crippen LogP contribution in [0.3, 0.4) is 0 Å². The van der Waals surface area contributed by atoms with E-state index in [9.17, 15) is 0 Å². The summed E-state index contributed by atoms with van der Waals surface area (Å²) in [6.07, 6.45) is 8.87. The van der Waals surface area contributed by atoms with Gasteiger partial charge in [0.05, 0.1) is 6.07 Å². The Morgan fingerprint density at radius 3 is 2.56 bits per heavy atom. The van der Waals surface area contributed by atoms with E-state index in [1.54, 1.807) is 11.3 Å². The molecule has 1 saturated heterocycles. The summed E-state index contributed by atoms with van der Waals surface area (Å²) in [5.41, 5.74) is 3.19. The van der Waals surface area contributed by atoms with Crippen molar-refractivity contribution in [3.05, 3.63) is 11.3 Å². The van der Waals surface area contributed by atoms with Gasteiger partial charge in [-0.05, 0) is 57.4 Å². The van der Waals surface area contributed by atoms with Gasteiger partial charge in [0.25, 0.3) is 0 Å². The molecule has 0 aromatic rings. The lowest BCUT2D eigenvalue weighted by atomic mass is 9.89. The van der Waals surface area contributed by atoms with Crippen molar-refractivity contribution in [1.29, 1.82) is 5.26 Å². The van der Waals surface area contributed by atoms with Gasteiger partial charge in [-0.3, -0.25) is 0 Å². The van der Waals surface area contributed by atoms with Gasteiger partial charge in [0.1, 0.15) is 0 Å². The molecule has 0 saturated carbocycles. The molecule has 1 fully saturated rings. The molecule has 0 aromatic heterocycles. The zero-order valence-electron chi connectivity index (χ0n) is 10.3. The van der Waals surface area contributed by atoms with E-state index in [4.69, 9.17) is 5.26 Å². The lowest BCUT2D eigenvalue weighted by Gasteiger charge is -2.29. The lowest BCUT2D eigenvalue weighted by Crippen LogP contribution is -2.22. The largest absolute Gasteiger partial charge is 0.375 e. The Labute approximate surface area is 98.9 Å². The second kappa shape index (κ2) is 5.39. The van der Waals surface area contributed by atoms with Gasteiger partial charge in [-0.2, -0.15) is 5.26 Å². The average Bonchev–Trinajstić information content (AvgIpc) is 2.83. The predicted octanol–water partition coefficient (Wildman–Crippen LogP) is 3.46. The van der Waals surface area contributed by atoms with Crippen LogP contribution in [0, 0.1) is 17.2 Å². The minimum Gasteiger partial charge on any atom is -0.375 e. The highest BCUT2D eigenvalue weighted by Crippen LogP contribution is 2.32. The first-order valence-corrected chi connectivity index (χ1v) is 6.66. The first kappa shape index (κ1) is 11.5. The average molecular weight is 218 g/mol. The molecular formula is C14H22N2. The summed E-state index contributed by atoms with van der Waals surface area (Å²) in [6.45, 7) is 4.54.